The van der Waals surface area contributed by atoms with Crippen LogP contribution in [0, 0.1) is 6.92 Å². The van der Waals surface area contributed by atoms with Gasteiger partial charge in [-0.3, -0.25) is 0 Å². The standard InChI is InChI=1S/C18H14ClN5O2/c1-11-13(9-20-24(11)12-5-3-2-4-6-12)18(25)26-10-16-21-14-7-8-15(19)22-17(14)23-16/h2-9H,10H2,1H3,(H,21,22,23). The Morgan fingerprint density at radius 3 is 2.81 bits per heavy atom. The molecule has 130 valence electrons. The number of rotatable bonds is 4. The molecule has 0 saturated carbocycles. The van der Waals surface area contributed by atoms with E-state index in [4.69, 9.17) is 16.3 Å². The van der Waals surface area contributed by atoms with Crippen LogP contribution in [0.15, 0.2) is 48.7 Å². The van der Waals surface area contributed by atoms with E-state index in [2.05, 4.69) is 20.1 Å². The summed E-state index contributed by atoms with van der Waals surface area (Å²) in [6.07, 6.45) is 1.50. The lowest BCUT2D eigenvalue weighted by molar-refractivity contribution is 0.0462. The van der Waals surface area contributed by atoms with Gasteiger partial charge in [0.1, 0.15) is 23.1 Å². The zero-order chi connectivity index (χ0) is 18.1. The van der Waals surface area contributed by atoms with Gasteiger partial charge in [-0.15, -0.1) is 0 Å². The quantitative estimate of drug-likeness (QED) is 0.441. The fraction of sp³-hybridized carbons (Fsp3) is 0.111. The fourth-order valence-electron chi connectivity index (χ4n) is 2.64. The molecule has 0 saturated heterocycles. The minimum Gasteiger partial charge on any atom is -0.454 e. The van der Waals surface area contributed by atoms with Crippen molar-refractivity contribution in [2.45, 2.75) is 13.5 Å². The largest absolute Gasteiger partial charge is 0.454 e. The van der Waals surface area contributed by atoms with Crippen LogP contribution < -0.4 is 0 Å². The first-order valence-electron chi connectivity index (χ1n) is 7.90. The third-order valence-electron chi connectivity index (χ3n) is 3.93. The summed E-state index contributed by atoms with van der Waals surface area (Å²) in [6, 6.07) is 13.0. The van der Waals surface area contributed by atoms with Crippen LogP contribution in [-0.4, -0.2) is 30.7 Å². The van der Waals surface area contributed by atoms with Crippen LogP contribution >= 0.6 is 11.6 Å². The van der Waals surface area contributed by atoms with Gasteiger partial charge in [-0.25, -0.2) is 19.4 Å². The van der Waals surface area contributed by atoms with Gasteiger partial charge in [-0.2, -0.15) is 5.10 Å². The molecule has 0 radical (unpaired) electrons. The zero-order valence-electron chi connectivity index (χ0n) is 13.8. The lowest BCUT2D eigenvalue weighted by Gasteiger charge is -2.05. The maximum absolute atomic E-state index is 12.4. The highest BCUT2D eigenvalue weighted by Crippen LogP contribution is 2.16. The summed E-state index contributed by atoms with van der Waals surface area (Å²) in [4.78, 5) is 23.8. The van der Waals surface area contributed by atoms with Crippen molar-refractivity contribution >= 4 is 28.7 Å². The average molecular weight is 368 g/mol. The van der Waals surface area contributed by atoms with Crippen molar-refractivity contribution in [3.63, 3.8) is 0 Å². The van der Waals surface area contributed by atoms with Gasteiger partial charge in [0.2, 0.25) is 0 Å². The second-order valence-electron chi connectivity index (χ2n) is 5.66. The van der Waals surface area contributed by atoms with Gasteiger partial charge >= 0.3 is 5.97 Å². The van der Waals surface area contributed by atoms with Crippen LogP contribution in [0.3, 0.4) is 0 Å². The molecule has 0 aliphatic carbocycles. The van der Waals surface area contributed by atoms with Gasteiger partial charge in [0.05, 0.1) is 23.1 Å². The number of aromatic amines is 1. The first kappa shape index (κ1) is 16.3. The highest BCUT2D eigenvalue weighted by molar-refractivity contribution is 6.29. The van der Waals surface area contributed by atoms with Crippen molar-refractivity contribution in [2.75, 3.05) is 0 Å². The molecule has 0 fully saturated rings. The van der Waals surface area contributed by atoms with Crippen molar-refractivity contribution in [3.05, 3.63) is 70.9 Å². The van der Waals surface area contributed by atoms with Crippen molar-refractivity contribution < 1.29 is 9.53 Å². The third kappa shape index (κ3) is 3.04. The Kier molecular flexibility index (Phi) is 4.14. The number of hydrogen-bond donors (Lipinski definition) is 1. The monoisotopic (exact) mass is 367 g/mol. The van der Waals surface area contributed by atoms with Gasteiger partial charge in [0.25, 0.3) is 0 Å². The summed E-state index contributed by atoms with van der Waals surface area (Å²) in [6.45, 7) is 1.83. The SMILES string of the molecule is Cc1c(C(=O)OCc2nc3nc(Cl)ccc3[nH]2)cnn1-c1ccccc1. The summed E-state index contributed by atoms with van der Waals surface area (Å²) >= 11 is 5.85. The molecule has 7 nitrogen and oxygen atoms in total. The number of aromatic nitrogens is 5. The molecule has 1 N–H and O–H groups in total. The Hall–Kier alpha value is -3.19. The number of ether oxygens (including phenoxy) is 1. The molecule has 0 aliphatic heterocycles. The number of nitrogens with one attached hydrogen (secondary N) is 1. The van der Waals surface area contributed by atoms with Gasteiger partial charge in [0, 0.05) is 0 Å². The molecule has 0 spiro atoms. The highest BCUT2D eigenvalue weighted by Gasteiger charge is 2.17. The second-order valence-corrected chi connectivity index (χ2v) is 6.04. The number of benzene rings is 1. The van der Waals surface area contributed by atoms with Crippen LogP contribution in [-0.2, 0) is 11.3 Å². The Labute approximate surface area is 153 Å². The van der Waals surface area contributed by atoms with Crippen LogP contribution in [0.5, 0.6) is 0 Å². The van der Waals surface area contributed by atoms with Gasteiger partial charge in [-0.1, -0.05) is 29.8 Å². The molecule has 3 heterocycles. The van der Waals surface area contributed by atoms with E-state index in [0.29, 0.717) is 27.9 Å². The maximum atomic E-state index is 12.4. The Balaban J connectivity index is 1.50. The molecule has 0 atom stereocenters. The molecule has 4 rings (SSSR count). The Morgan fingerprint density at radius 2 is 2.00 bits per heavy atom. The van der Waals surface area contributed by atoms with E-state index in [0.717, 1.165) is 11.2 Å². The molecule has 4 aromatic rings. The number of H-pyrrole nitrogens is 1. The van der Waals surface area contributed by atoms with Gasteiger partial charge in [-0.05, 0) is 31.2 Å². The molecule has 3 aromatic heterocycles. The van der Waals surface area contributed by atoms with Crippen LogP contribution in [0.1, 0.15) is 21.9 Å². The predicted molar refractivity (Wildman–Crippen MR) is 96.3 cm³/mol. The number of pyridine rings is 1. The number of hydrogen-bond acceptors (Lipinski definition) is 5. The van der Waals surface area contributed by atoms with E-state index in [-0.39, 0.29) is 6.61 Å². The summed E-state index contributed by atoms with van der Waals surface area (Å²) in [7, 11) is 0. The van der Waals surface area contributed by atoms with E-state index in [1.807, 2.05) is 37.3 Å². The van der Waals surface area contributed by atoms with E-state index in [9.17, 15) is 4.79 Å². The minimum atomic E-state index is -0.462. The van der Waals surface area contributed by atoms with Crippen molar-refractivity contribution in [3.8, 4) is 5.69 Å². The molecule has 1 aromatic carbocycles. The smallest absolute Gasteiger partial charge is 0.342 e. The van der Waals surface area contributed by atoms with E-state index >= 15 is 0 Å². The number of imidazole rings is 1. The molecule has 8 heteroatoms. The zero-order valence-corrected chi connectivity index (χ0v) is 14.6. The maximum Gasteiger partial charge on any atom is 0.342 e. The summed E-state index contributed by atoms with van der Waals surface area (Å²) < 4.78 is 7.06. The van der Waals surface area contributed by atoms with Gasteiger partial charge in [0.15, 0.2) is 5.65 Å². The number of carbonyl (C=O) groups excluding carboxylic acids is 1. The molecular formula is C18H14ClN5O2. The van der Waals surface area contributed by atoms with Crippen LogP contribution in [0.4, 0.5) is 0 Å². The first-order valence-corrected chi connectivity index (χ1v) is 8.28. The number of fused-ring (bicyclic) bond motifs is 1. The Bertz CT molecular complexity index is 1090. The molecular weight excluding hydrogens is 354 g/mol. The van der Waals surface area contributed by atoms with Crippen LogP contribution in [0.25, 0.3) is 16.9 Å². The third-order valence-corrected chi connectivity index (χ3v) is 4.14. The summed E-state index contributed by atoms with van der Waals surface area (Å²) in [5.41, 5.74) is 3.21. The first-order chi connectivity index (χ1) is 12.6. The van der Waals surface area contributed by atoms with Crippen molar-refractivity contribution in [1.82, 2.24) is 24.7 Å². The van der Waals surface area contributed by atoms with E-state index < -0.39 is 5.97 Å². The molecule has 0 aliphatic rings. The van der Waals surface area contributed by atoms with E-state index in [1.54, 1.807) is 16.8 Å². The fourth-order valence-corrected chi connectivity index (χ4v) is 2.78. The lowest BCUT2D eigenvalue weighted by atomic mass is 10.2. The van der Waals surface area contributed by atoms with Crippen LogP contribution in [0.2, 0.25) is 5.15 Å². The normalized spacial score (nSPS) is 11.0. The Morgan fingerprint density at radius 1 is 1.19 bits per heavy atom. The molecule has 0 amide bonds. The topological polar surface area (TPSA) is 85.7 Å². The van der Waals surface area contributed by atoms with Crippen molar-refractivity contribution in [2.24, 2.45) is 0 Å². The molecule has 26 heavy (non-hydrogen) atoms. The number of esters is 1. The number of para-hydroxylation sites is 1. The molecule has 0 bridgehead atoms. The summed E-state index contributed by atoms with van der Waals surface area (Å²) in [5, 5.41) is 4.63. The number of halogens is 1. The van der Waals surface area contributed by atoms with Gasteiger partial charge < -0.3 is 9.72 Å². The number of carbonyl (C=O) groups is 1. The lowest BCUT2D eigenvalue weighted by Crippen LogP contribution is -2.08. The average Bonchev–Trinajstić information content (AvgIpc) is 3.23. The summed E-state index contributed by atoms with van der Waals surface area (Å²) in [5.74, 6) is 0.0346. The highest BCUT2D eigenvalue weighted by atomic mass is 35.5. The predicted octanol–water partition coefficient (Wildman–Crippen LogP) is 3.46. The number of nitrogens with zero attached hydrogens (tertiary/aromatic N) is 4. The van der Waals surface area contributed by atoms with E-state index in [1.165, 1.54) is 6.20 Å². The van der Waals surface area contributed by atoms with Crippen molar-refractivity contribution in [1.29, 1.82) is 0 Å². The minimum absolute atomic E-state index is 0.00275. The molecule has 0 unspecified atom stereocenters. The second kappa shape index (κ2) is 6.61.